The zero-order chi connectivity index (χ0) is 18.1. The molecule has 1 aromatic heterocycles. The SMILES string of the molecule is COC(=O)c1c2cc(-c3ccc(C(=O)N(C)C)cc3)ccc2nn1C. The van der Waals surface area contributed by atoms with Crippen LogP contribution >= 0.6 is 0 Å². The number of benzene rings is 2. The lowest BCUT2D eigenvalue weighted by atomic mass is 10.0. The molecule has 0 unspecified atom stereocenters. The molecule has 0 N–H and O–H groups in total. The molecule has 0 aliphatic heterocycles. The quantitative estimate of drug-likeness (QED) is 0.689. The van der Waals surface area contributed by atoms with E-state index in [0.29, 0.717) is 11.3 Å². The largest absolute Gasteiger partial charge is 0.464 e. The van der Waals surface area contributed by atoms with Gasteiger partial charge in [0.05, 0.1) is 12.6 Å². The van der Waals surface area contributed by atoms with Crippen LogP contribution in [0.2, 0.25) is 0 Å². The lowest BCUT2D eigenvalue weighted by Gasteiger charge is -2.10. The zero-order valence-electron chi connectivity index (χ0n) is 14.6. The maximum Gasteiger partial charge on any atom is 0.356 e. The minimum absolute atomic E-state index is 0.0396. The number of methoxy groups -OCH3 is 1. The average molecular weight is 337 g/mol. The molecule has 2 aromatic carbocycles. The third-order valence-electron chi connectivity index (χ3n) is 4.08. The van der Waals surface area contributed by atoms with E-state index in [9.17, 15) is 9.59 Å². The summed E-state index contributed by atoms with van der Waals surface area (Å²) < 4.78 is 6.38. The van der Waals surface area contributed by atoms with Crippen LogP contribution in [-0.4, -0.2) is 47.8 Å². The van der Waals surface area contributed by atoms with Crippen molar-refractivity contribution in [1.82, 2.24) is 14.7 Å². The number of hydrogen-bond donors (Lipinski definition) is 0. The highest BCUT2D eigenvalue weighted by Gasteiger charge is 2.17. The number of carbonyl (C=O) groups excluding carboxylic acids is 2. The van der Waals surface area contributed by atoms with Crippen LogP contribution in [0.1, 0.15) is 20.8 Å². The van der Waals surface area contributed by atoms with Gasteiger partial charge >= 0.3 is 5.97 Å². The Morgan fingerprint density at radius 1 is 1.04 bits per heavy atom. The number of carbonyl (C=O) groups is 2. The molecule has 1 amide bonds. The predicted molar refractivity (Wildman–Crippen MR) is 95.5 cm³/mol. The van der Waals surface area contributed by atoms with Crippen LogP contribution in [-0.2, 0) is 11.8 Å². The van der Waals surface area contributed by atoms with Crippen LogP contribution in [0, 0.1) is 0 Å². The van der Waals surface area contributed by atoms with Crippen LogP contribution in [0.5, 0.6) is 0 Å². The van der Waals surface area contributed by atoms with Crippen LogP contribution < -0.4 is 0 Å². The lowest BCUT2D eigenvalue weighted by molar-refractivity contribution is 0.0590. The Morgan fingerprint density at radius 2 is 1.68 bits per heavy atom. The van der Waals surface area contributed by atoms with E-state index in [2.05, 4.69) is 5.10 Å². The van der Waals surface area contributed by atoms with Gasteiger partial charge in [-0.15, -0.1) is 0 Å². The Hall–Kier alpha value is -3.15. The van der Waals surface area contributed by atoms with Crippen LogP contribution in [0.4, 0.5) is 0 Å². The monoisotopic (exact) mass is 337 g/mol. The minimum atomic E-state index is -0.422. The summed E-state index contributed by atoms with van der Waals surface area (Å²) in [6.07, 6.45) is 0. The molecular weight excluding hydrogens is 318 g/mol. The number of esters is 1. The first-order chi connectivity index (χ1) is 11.9. The third-order valence-corrected chi connectivity index (χ3v) is 4.08. The molecule has 0 saturated carbocycles. The van der Waals surface area contributed by atoms with Crippen LogP contribution in [0.15, 0.2) is 42.5 Å². The molecule has 6 nitrogen and oxygen atoms in total. The predicted octanol–water partition coefficient (Wildman–Crippen LogP) is 2.73. The van der Waals surface area contributed by atoms with E-state index in [1.54, 1.807) is 38.2 Å². The fraction of sp³-hybridized carbons (Fsp3) is 0.211. The molecule has 128 valence electrons. The highest BCUT2D eigenvalue weighted by molar-refractivity contribution is 6.03. The number of ether oxygens (including phenoxy) is 1. The second-order valence-electron chi connectivity index (χ2n) is 5.97. The van der Waals surface area contributed by atoms with Gasteiger partial charge in [-0.3, -0.25) is 9.48 Å². The second-order valence-corrected chi connectivity index (χ2v) is 5.97. The van der Waals surface area contributed by atoms with E-state index in [-0.39, 0.29) is 5.91 Å². The van der Waals surface area contributed by atoms with Gasteiger partial charge in [0.1, 0.15) is 0 Å². The van der Waals surface area contributed by atoms with Crippen molar-refractivity contribution in [3.63, 3.8) is 0 Å². The summed E-state index contributed by atoms with van der Waals surface area (Å²) in [6.45, 7) is 0. The van der Waals surface area contributed by atoms with Gasteiger partial charge in [-0.25, -0.2) is 4.79 Å². The first kappa shape index (κ1) is 16.7. The number of fused-ring (bicyclic) bond motifs is 1. The first-order valence-electron chi connectivity index (χ1n) is 7.79. The Kier molecular flexibility index (Phi) is 4.27. The van der Waals surface area contributed by atoms with Gasteiger partial charge in [-0.1, -0.05) is 18.2 Å². The van der Waals surface area contributed by atoms with E-state index >= 15 is 0 Å². The van der Waals surface area contributed by atoms with Crippen molar-refractivity contribution in [2.45, 2.75) is 0 Å². The summed E-state index contributed by atoms with van der Waals surface area (Å²) in [5, 5.41) is 5.08. The fourth-order valence-corrected chi connectivity index (χ4v) is 2.78. The molecule has 0 atom stereocenters. The number of aryl methyl sites for hydroxylation is 1. The number of amides is 1. The van der Waals surface area contributed by atoms with Gasteiger partial charge in [0.2, 0.25) is 0 Å². The Labute approximate surface area is 145 Å². The van der Waals surface area contributed by atoms with Crippen molar-refractivity contribution in [3.8, 4) is 11.1 Å². The van der Waals surface area contributed by atoms with E-state index < -0.39 is 5.97 Å². The van der Waals surface area contributed by atoms with Gasteiger partial charge < -0.3 is 9.64 Å². The Bertz CT molecular complexity index is 956. The zero-order valence-corrected chi connectivity index (χ0v) is 14.6. The number of hydrogen-bond acceptors (Lipinski definition) is 4. The normalized spacial score (nSPS) is 10.7. The number of nitrogens with zero attached hydrogens (tertiary/aromatic N) is 3. The van der Waals surface area contributed by atoms with Crippen molar-refractivity contribution < 1.29 is 14.3 Å². The van der Waals surface area contributed by atoms with Crippen molar-refractivity contribution in [1.29, 1.82) is 0 Å². The molecule has 6 heteroatoms. The average Bonchev–Trinajstić information content (AvgIpc) is 2.95. The van der Waals surface area contributed by atoms with Crippen molar-refractivity contribution in [2.24, 2.45) is 7.05 Å². The first-order valence-corrected chi connectivity index (χ1v) is 7.79. The summed E-state index contributed by atoms with van der Waals surface area (Å²) in [7, 11) is 6.51. The van der Waals surface area contributed by atoms with Gasteiger partial charge in [-0.2, -0.15) is 5.10 Å². The topological polar surface area (TPSA) is 64.4 Å². The highest BCUT2D eigenvalue weighted by atomic mass is 16.5. The second kappa shape index (κ2) is 6.39. The van der Waals surface area contributed by atoms with Crippen molar-refractivity contribution >= 4 is 22.8 Å². The standard InChI is InChI=1S/C19H19N3O3/c1-21(2)18(23)13-7-5-12(6-8-13)14-9-10-16-15(11-14)17(19(24)25-4)22(3)20-16/h5-11H,1-4H3. The summed E-state index contributed by atoms with van der Waals surface area (Å²) in [4.78, 5) is 25.5. The molecule has 0 saturated heterocycles. The Morgan fingerprint density at radius 3 is 2.28 bits per heavy atom. The summed E-state index contributed by atoms with van der Waals surface area (Å²) in [5.74, 6) is -0.462. The van der Waals surface area contributed by atoms with Crippen LogP contribution in [0.25, 0.3) is 22.0 Å². The van der Waals surface area contributed by atoms with Gasteiger partial charge in [0.25, 0.3) is 5.91 Å². The number of rotatable bonds is 3. The fourth-order valence-electron chi connectivity index (χ4n) is 2.78. The third kappa shape index (κ3) is 2.98. The molecule has 0 aliphatic carbocycles. The smallest absolute Gasteiger partial charge is 0.356 e. The summed E-state index contributed by atoms with van der Waals surface area (Å²) >= 11 is 0. The highest BCUT2D eigenvalue weighted by Crippen LogP contribution is 2.27. The van der Waals surface area contributed by atoms with Gasteiger partial charge in [0.15, 0.2) is 5.69 Å². The molecule has 3 aromatic rings. The summed E-state index contributed by atoms with van der Waals surface area (Å²) in [6, 6.07) is 13.1. The maximum atomic E-state index is 12.0. The molecule has 0 bridgehead atoms. The van der Waals surface area contributed by atoms with Gasteiger partial charge in [0, 0.05) is 32.1 Å². The molecule has 25 heavy (non-hydrogen) atoms. The molecule has 0 spiro atoms. The van der Waals surface area contributed by atoms with Gasteiger partial charge in [-0.05, 0) is 35.4 Å². The van der Waals surface area contributed by atoms with E-state index in [1.807, 2.05) is 30.3 Å². The van der Waals surface area contributed by atoms with Crippen molar-refractivity contribution in [2.75, 3.05) is 21.2 Å². The molecule has 3 rings (SSSR count). The number of aromatic nitrogens is 2. The molecule has 0 aliphatic rings. The van der Waals surface area contributed by atoms with Crippen molar-refractivity contribution in [3.05, 3.63) is 53.7 Å². The molecular formula is C19H19N3O3. The minimum Gasteiger partial charge on any atom is -0.464 e. The van der Waals surface area contributed by atoms with E-state index in [1.165, 1.54) is 11.8 Å². The summed E-state index contributed by atoms with van der Waals surface area (Å²) in [5.41, 5.74) is 3.67. The molecule has 1 heterocycles. The van der Waals surface area contributed by atoms with E-state index in [0.717, 1.165) is 22.0 Å². The maximum absolute atomic E-state index is 12.0. The van der Waals surface area contributed by atoms with E-state index in [4.69, 9.17) is 4.74 Å². The van der Waals surface area contributed by atoms with Crippen LogP contribution in [0.3, 0.4) is 0 Å². The lowest BCUT2D eigenvalue weighted by Crippen LogP contribution is -2.21. The molecule has 0 radical (unpaired) electrons. The molecule has 0 fully saturated rings. The Balaban J connectivity index is 2.04.